The van der Waals surface area contributed by atoms with Crippen LogP contribution in [-0.4, -0.2) is 87.8 Å². The maximum Gasteiger partial charge on any atom is 2.00 e. The van der Waals surface area contributed by atoms with Gasteiger partial charge in [0, 0.05) is 143 Å². The van der Waals surface area contributed by atoms with Crippen molar-refractivity contribution in [3.05, 3.63) is 333 Å². The number of aromatic hydroxyl groups is 3. The standard InChI is InChI=1S/C12H13NO.5C10H9NO.C9H7NO2.2C9H7NO.C2H4.CH4O.Al.2Be.Zn/c1-2-4-10-7-6-9-5-3-8-13-11(9)12(10)14;1-7-4-5-8-3-2-6-11-9(8)10(7)12;4*1-7-5-6-8-3-2-4-9(12)10(8)11-7;11-7-4-3-6-2-1-5-10-8(6)9(7)12;2*11-8-5-1-3-7-4-2-6-10-9(7)8;2*1-2;;;;/h3,5-8,14H,2,4H2,1H3;5*2-6,12H,1H3;1-5,11-12H;2*1-6,11H;1-2H2;2H,1H3;;;;/q;;;;;;;;;;;+3;2*+2;/p-3. The molecule has 0 aliphatic rings. The minimum Gasteiger partial charge on any atom is -0.868 e. The van der Waals surface area contributed by atoms with Crippen molar-refractivity contribution in [2.45, 2.75) is 54.4 Å². The molecular weight excluding hydrogens is 1520 g/mol. The number of H-pyrrole nitrogens is 4. The van der Waals surface area contributed by atoms with Crippen molar-refractivity contribution in [2.75, 3.05) is 7.11 Å². The minimum atomic E-state index is -3.13. The van der Waals surface area contributed by atoms with E-state index >= 15 is 0 Å². The monoisotopic (exact) mass is 1600 g/mol. The Morgan fingerprint density at radius 1 is 0.353 bits per heavy atom. The average Bonchev–Trinajstić information content (AvgIpc) is 0.780. The van der Waals surface area contributed by atoms with Crippen LogP contribution in [0, 0.1) is 34.6 Å². The fourth-order valence-corrected chi connectivity index (χ4v) is 13.5. The maximum atomic E-state index is 11.3. The molecule has 0 radical (unpaired) electrons. The van der Waals surface area contributed by atoms with Crippen LogP contribution in [0.2, 0.25) is 0 Å². The van der Waals surface area contributed by atoms with Crippen LogP contribution >= 0.6 is 0 Å². The van der Waals surface area contributed by atoms with Gasteiger partial charge in [-0.25, -0.2) is 29.9 Å². The van der Waals surface area contributed by atoms with Gasteiger partial charge in [0.2, 0.25) is 22.1 Å². The number of fused-ring (bicyclic) bond motifs is 9. The number of aromatic amines is 4. The van der Waals surface area contributed by atoms with Crippen LogP contribution in [0.5, 0.6) is 57.5 Å². The number of hydrogen-bond acceptors (Lipinski definition) is 16. The fourth-order valence-electron chi connectivity index (χ4n) is 12.0. The van der Waals surface area contributed by atoms with Crippen LogP contribution in [0.25, 0.3) is 98.1 Å². The summed E-state index contributed by atoms with van der Waals surface area (Å²) in [5, 5.41) is 90.1. The molecule has 0 saturated carbocycles. The number of pyridine rings is 9. The number of aryl methyl sites for hydroxylation is 6. The summed E-state index contributed by atoms with van der Waals surface area (Å²) in [6.45, 7) is 17.8. The Hall–Kier alpha value is -13.1. The summed E-state index contributed by atoms with van der Waals surface area (Å²) in [7, 11) is 1.00. The van der Waals surface area contributed by atoms with Crippen LogP contribution in [0.15, 0.2) is 299 Å². The van der Waals surface area contributed by atoms with Gasteiger partial charge in [0.05, 0.1) is 0 Å². The normalized spacial score (nSPS) is 10.1. The SMILES string of the molecule is C=C.CCCc1ccc2cccnc2c1[O][Al]([O]c1c(C)ccc2cccnc12)[O]c1c(O)ccc2cccnc12.CO.Cc1ccc2cccc(O)c2n1.Cc1ccc2cccc(O)c2n1.Cc1ccc2cccc([O-])c2[nH+]1.Cc1ccc2cccc([O-])c2[nH+]1.[Be+2].[Be+2].[O-]c1cccc2ccc[nH+]c12.[O-]c1cccc2ccc[nH+]c12.[Zn]. The first-order chi connectivity index (χ1) is 55.0. The summed E-state index contributed by atoms with van der Waals surface area (Å²) in [5.74, 6) is 2.09. The third kappa shape index (κ3) is 23.3. The van der Waals surface area contributed by atoms with Gasteiger partial charge in [0.25, 0.3) is 0 Å². The van der Waals surface area contributed by atoms with Crippen molar-refractivity contribution in [2.24, 2.45) is 0 Å². The second-order valence-electron chi connectivity index (χ2n) is 25.4. The number of phenols is 3. The van der Waals surface area contributed by atoms with Gasteiger partial charge >= 0.3 is 35.4 Å². The first-order valence-corrected chi connectivity index (χ1v) is 37.5. The molecule has 8 N–H and O–H groups in total. The molecule has 116 heavy (non-hydrogen) atoms. The molecule has 20 nitrogen and oxygen atoms in total. The predicted molar refractivity (Wildman–Crippen MR) is 450 cm³/mol. The summed E-state index contributed by atoms with van der Waals surface area (Å²) in [6, 6.07) is 78.0. The molecule has 9 aromatic carbocycles. The van der Waals surface area contributed by atoms with Crippen LogP contribution in [0.1, 0.15) is 47.2 Å². The summed E-state index contributed by atoms with van der Waals surface area (Å²) in [4.78, 5) is 34.1. The molecular formula is C92H84AlBe2N9O11Zn+4. The molecule has 0 atom stereocenters. The summed E-state index contributed by atoms with van der Waals surface area (Å²) in [6.07, 6.45) is 10.4. The van der Waals surface area contributed by atoms with E-state index in [9.17, 15) is 35.7 Å². The molecule has 18 aromatic rings. The number of aliphatic hydroxyl groups excluding tert-OH is 1. The molecule has 9 aromatic heterocycles. The summed E-state index contributed by atoms with van der Waals surface area (Å²) < 4.78 is 19.8. The Labute approximate surface area is 697 Å². The number of phenolic OH excluding ortho intramolecular Hbond substituents is 3. The van der Waals surface area contributed by atoms with Crippen molar-refractivity contribution in [3.8, 4) is 57.5 Å². The molecule has 0 bridgehead atoms. The first kappa shape index (κ1) is 90.1. The van der Waals surface area contributed by atoms with E-state index in [0.29, 0.717) is 55.6 Å². The molecule has 24 heteroatoms. The van der Waals surface area contributed by atoms with Crippen LogP contribution in [0.4, 0.5) is 0 Å². The van der Waals surface area contributed by atoms with Gasteiger partial charge in [-0.1, -0.05) is 141 Å². The molecule has 568 valence electrons. The Morgan fingerprint density at radius 2 is 0.681 bits per heavy atom. The zero-order valence-corrected chi connectivity index (χ0v) is 69.7. The zero-order valence-electron chi connectivity index (χ0n) is 65.5. The quantitative estimate of drug-likeness (QED) is 0.0811. The molecule has 0 saturated heterocycles. The molecule has 0 fully saturated rings. The van der Waals surface area contributed by atoms with E-state index in [4.69, 9.17) is 16.5 Å². The van der Waals surface area contributed by atoms with Crippen molar-refractivity contribution in [1.29, 1.82) is 0 Å². The third-order valence-electron chi connectivity index (χ3n) is 17.4. The fraction of sp³-hybridized carbons (Fsp3) is 0.0978. The van der Waals surface area contributed by atoms with Gasteiger partial charge in [-0.05, 0) is 164 Å². The molecule has 9 heterocycles. The first-order valence-electron chi connectivity index (χ1n) is 36.1. The Balaban J connectivity index is 0.000000201. The number of aliphatic hydroxyl groups is 1. The van der Waals surface area contributed by atoms with E-state index in [1.165, 1.54) is 0 Å². The van der Waals surface area contributed by atoms with Crippen LogP contribution in [0.3, 0.4) is 0 Å². The van der Waals surface area contributed by atoms with Crippen molar-refractivity contribution >= 4 is 134 Å². The molecule has 18 rings (SSSR count). The van der Waals surface area contributed by atoms with Gasteiger partial charge in [-0.2, -0.15) is 0 Å². The van der Waals surface area contributed by atoms with Crippen LogP contribution in [-0.2, 0) is 25.9 Å². The minimum absolute atomic E-state index is 0. The maximum absolute atomic E-state index is 11.3. The number of nitrogens with one attached hydrogen (secondary N) is 4. The Morgan fingerprint density at radius 3 is 1.12 bits per heavy atom. The van der Waals surface area contributed by atoms with Gasteiger partial charge in [0.15, 0.2) is 35.3 Å². The second kappa shape index (κ2) is 44.3. The van der Waals surface area contributed by atoms with Crippen LogP contribution < -0.4 is 51.7 Å². The van der Waals surface area contributed by atoms with E-state index < -0.39 is 15.1 Å². The van der Waals surface area contributed by atoms with E-state index in [1.807, 2.05) is 204 Å². The number of hydrogen-bond donors (Lipinski definition) is 4. The van der Waals surface area contributed by atoms with Crippen molar-refractivity contribution in [3.63, 3.8) is 0 Å². The Bertz CT molecular complexity index is 5780. The van der Waals surface area contributed by atoms with E-state index in [-0.39, 0.29) is 85.7 Å². The van der Waals surface area contributed by atoms with Gasteiger partial charge in [0.1, 0.15) is 50.6 Å². The van der Waals surface area contributed by atoms with Gasteiger partial charge in [-0.15, -0.1) is 13.2 Å². The van der Waals surface area contributed by atoms with Gasteiger partial charge < -0.3 is 52.2 Å². The predicted octanol–water partition coefficient (Wildman–Crippen LogP) is 14.5. The zero-order chi connectivity index (χ0) is 80.3. The molecule has 0 amide bonds. The molecule has 0 aliphatic heterocycles. The third-order valence-corrected chi connectivity index (χ3v) is 18.7. The van der Waals surface area contributed by atoms with Crippen molar-refractivity contribution in [1.82, 2.24) is 24.9 Å². The van der Waals surface area contributed by atoms with E-state index in [2.05, 4.69) is 77.1 Å². The topological polar surface area (TPSA) is 322 Å². The number of rotatable bonds is 8. The smallest absolute Gasteiger partial charge is 0.868 e. The second-order valence-corrected chi connectivity index (χ2v) is 26.7. The van der Waals surface area contributed by atoms with E-state index in [0.717, 1.165) is 108 Å². The molecule has 0 spiro atoms. The van der Waals surface area contributed by atoms with Gasteiger partial charge in [-0.3, -0.25) is 15.0 Å². The molecule has 0 unspecified atom stereocenters. The number of para-hydroxylation sites is 6. The number of benzene rings is 9. The number of aromatic nitrogens is 9. The van der Waals surface area contributed by atoms with E-state index in [1.54, 1.807) is 104 Å². The summed E-state index contributed by atoms with van der Waals surface area (Å²) >= 11 is -3.13. The van der Waals surface area contributed by atoms with Crippen molar-refractivity contribution < 1.29 is 91.6 Å². The average molecular weight is 1600 g/mol. The largest absolute Gasteiger partial charge is 2.00 e. The Kier molecular flexibility index (Phi) is 34.4. The number of nitrogens with zero attached hydrogens (tertiary/aromatic N) is 5. The molecule has 0 aliphatic carbocycles. The summed E-state index contributed by atoms with van der Waals surface area (Å²) in [5.41, 5.74) is 11.8.